The molecule has 0 aromatic heterocycles. The average molecular weight is 219 g/mol. The Morgan fingerprint density at radius 1 is 0.867 bits per heavy atom. The molecule has 0 aliphatic heterocycles. The molecule has 0 fully saturated rings. The van der Waals surface area contributed by atoms with Gasteiger partial charge in [0.2, 0.25) is 0 Å². The summed E-state index contributed by atoms with van der Waals surface area (Å²) in [5.41, 5.74) is 14.3. The van der Waals surface area contributed by atoms with Crippen molar-refractivity contribution in [2.45, 2.75) is 0 Å². The predicted octanol–water partition coefficient (Wildman–Crippen LogP) is 3.17. The van der Waals surface area contributed by atoms with Gasteiger partial charge in [-0.3, -0.25) is 0 Å². The fraction of sp³-hybridized carbons (Fsp3) is 0. The minimum Gasteiger partial charge on any atom is -0.397 e. The highest BCUT2D eigenvalue weighted by Gasteiger charge is 2.08. The van der Waals surface area contributed by atoms with Crippen LogP contribution in [0.25, 0.3) is 11.1 Å². The normalized spacial score (nSPS) is 10.2. The minimum absolute atomic E-state index is 0.443. The maximum absolute atomic E-state index is 6.13. The molecule has 0 bridgehead atoms. The lowest BCUT2D eigenvalue weighted by Crippen LogP contribution is -1.96. The van der Waals surface area contributed by atoms with E-state index in [1.807, 2.05) is 36.4 Å². The van der Waals surface area contributed by atoms with Gasteiger partial charge in [0.1, 0.15) is 0 Å². The Bertz CT molecular complexity index is 480. The van der Waals surface area contributed by atoms with Crippen LogP contribution in [0.3, 0.4) is 0 Å². The molecule has 0 saturated heterocycles. The number of benzene rings is 2. The van der Waals surface area contributed by atoms with Crippen molar-refractivity contribution in [2.75, 3.05) is 11.5 Å². The molecule has 0 unspecified atom stereocenters. The molecular formula is C12H11ClN2. The number of halogens is 1. The first-order valence-electron chi connectivity index (χ1n) is 4.59. The molecule has 0 radical (unpaired) electrons. The molecule has 0 aliphatic carbocycles. The third kappa shape index (κ3) is 1.76. The Kier molecular flexibility index (Phi) is 2.52. The average Bonchev–Trinajstić information content (AvgIpc) is 2.27. The van der Waals surface area contributed by atoms with Gasteiger partial charge < -0.3 is 11.5 Å². The summed E-state index contributed by atoms with van der Waals surface area (Å²) in [7, 11) is 0. The van der Waals surface area contributed by atoms with Crippen molar-refractivity contribution in [3.05, 3.63) is 47.5 Å². The van der Waals surface area contributed by atoms with Crippen LogP contribution in [0.4, 0.5) is 11.4 Å². The highest BCUT2D eigenvalue weighted by molar-refractivity contribution is 6.36. The van der Waals surface area contributed by atoms with Crippen molar-refractivity contribution in [3.63, 3.8) is 0 Å². The quantitative estimate of drug-likeness (QED) is 0.723. The van der Waals surface area contributed by atoms with E-state index >= 15 is 0 Å². The number of nitrogens with two attached hydrogens (primary N) is 2. The van der Waals surface area contributed by atoms with Gasteiger partial charge in [-0.05, 0) is 11.6 Å². The molecule has 0 spiro atoms. The van der Waals surface area contributed by atoms with Crippen LogP contribution in [0.5, 0.6) is 0 Å². The van der Waals surface area contributed by atoms with Crippen molar-refractivity contribution in [1.82, 2.24) is 0 Å². The fourth-order valence-corrected chi connectivity index (χ4v) is 1.73. The third-order valence-corrected chi connectivity index (χ3v) is 2.71. The standard InChI is InChI=1S/C12H11ClN2/c13-11-9(6-7-10(14)12(11)15)8-4-2-1-3-5-8/h1-7H,14-15H2. The largest absolute Gasteiger partial charge is 0.397 e. The molecule has 0 saturated carbocycles. The van der Waals surface area contributed by atoms with Gasteiger partial charge in [-0.15, -0.1) is 0 Å². The van der Waals surface area contributed by atoms with Gasteiger partial charge in [-0.2, -0.15) is 0 Å². The zero-order chi connectivity index (χ0) is 10.8. The first-order chi connectivity index (χ1) is 7.20. The lowest BCUT2D eigenvalue weighted by atomic mass is 10.0. The van der Waals surface area contributed by atoms with Crippen LogP contribution < -0.4 is 11.5 Å². The molecule has 0 aliphatic rings. The number of hydrogen-bond acceptors (Lipinski definition) is 2. The second-order valence-electron chi connectivity index (χ2n) is 3.30. The molecule has 2 aromatic rings. The lowest BCUT2D eigenvalue weighted by molar-refractivity contribution is 1.60. The summed E-state index contributed by atoms with van der Waals surface area (Å²) in [6.45, 7) is 0. The van der Waals surface area contributed by atoms with E-state index < -0.39 is 0 Å². The van der Waals surface area contributed by atoms with E-state index in [0.717, 1.165) is 11.1 Å². The van der Waals surface area contributed by atoms with Gasteiger partial charge in [0, 0.05) is 5.56 Å². The zero-order valence-corrected chi connectivity index (χ0v) is 8.83. The zero-order valence-electron chi connectivity index (χ0n) is 8.07. The number of nitrogen functional groups attached to an aromatic ring is 2. The molecule has 2 aromatic carbocycles. The van der Waals surface area contributed by atoms with Gasteiger partial charge in [0.05, 0.1) is 16.4 Å². The van der Waals surface area contributed by atoms with Crippen molar-refractivity contribution >= 4 is 23.0 Å². The summed E-state index contributed by atoms with van der Waals surface area (Å²) in [6.07, 6.45) is 0. The minimum atomic E-state index is 0.443. The van der Waals surface area contributed by atoms with Crippen LogP contribution in [0, 0.1) is 0 Å². The molecule has 2 rings (SSSR count). The van der Waals surface area contributed by atoms with Crippen LogP contribution >= 0.6 is 11.6 Å². The Hall–Kier alpha value is -1.67. The second kappa shape index (κ2) is 3.83. The molecule has 3 heteroatoms. The molecular weight excluding hydrogens is 208 g/mol. The van der Waals surface area contributed by atoms with Gasteiger partial charge in [-0.25, -0.2) is 0 Å². The topological polar surface area (TPSA) is 52.0 Å². The molecule has 0 amide bonds. The summed E-state index contributed by atoms with van der Waals surface area (Å²) in [5.74, 6) is 0. The van der Waals surface area contributed by atoms with E-state index in [1.54, 1.807) is 6.07 Å². The van der Waals surface area contributed by atoms with Crippen LogP contribution in [0.15, 0.2) is 42.5 Å². The first-order valence-corrected chi connectivity index (χ1v) is 4.97. The molecule has 15 heavy (non-hydrogen) atoms. The predicted molar refractivity (Wildman–Crippen MR) is 65.7 cm³/mol. The summed E-state index contributed by atoms with van der Waals surface area (Å²) in [4.78, 5) is 0. The SMILES string of the molecule is Nc1ccc(-c2ccccc2)c(Cl)c1N. The van der Waals surface area contributed by atoms with Crippen molar-refractivity contribution in [1.29, 1.82) is 0 Å². The van der Waals surface area contributed by atoms with Crippen molar-refractivity contribution in [2.24, 2.45) is 0 Å². The van der Waals surface area contributed by atoms with E-state index in [4.69, 9.17) is 23.1 Å². The van der Waals surface area contributed by atoms with Crippen LogP contribution in [0.1, 0.15) is 0 Å². The number of hydrogen-bond donors (Lipinski definition) is 2. The monoisotopic (exact) mass is 218 g/mol. The number of rotatable bonds is 1. The van der Waals surface area contributed by atoms with Crippen molar-refractivity contribution in [3.8, 4) is 11.1 Å². The van der Waals surface area contributed by atoms with E-state index in [9.17, 15) is 0 Å². The van der Waals surface area contributed by atoms with E-state index in [2.05, 4.69) is 0 Å². The van der Waals surface area contributed by atoms with Crippen LogP contribution in [-0.2, 0) is 0 Å². The molecule has 4 N–H and O–H groups in total. The van der Waals surface area contributed by atoms with Gasteiger partial charge in [0.25, 0.3) is 0 Å². The van der Waals surface area contributed by atoms with Crippen molar-refractivity contribution < 1.29 is 0 Å². The first kappa shape index (κ1) is 9.87. The maximum Gasteiger partial charge on any atom is 0.0743 e. The summed E-state index contributed by atoms with van der Waals surface area (Å²) < 4.78 is 0. The molecule has 0 atom stereocenters. The highest BCUT2D eigenvalue weighted by Crippen LogP contribution is 2.35. The fourth-order valence-electron chi connectivity index (χ4n) is 1.45. The summed E-state index contributed by atoms with van der Waals surface area (Å²) in [5, 5.41) is 0.515. The van der Waals surface area contributed by atoms with Crippen LogP contribution in [-0.4, -0.2) is 0 Å². The Morgan fingerprint density at radius 3 is 2.20 bits per heavy atom. The molecule has 0 heterocycles. The van der Waals surface area contributed by atoms with Gasteiger partial charge >= 0.3 is 0 Å². The Morgan fingerprint density at radius 2 is 1.53 bits per heavy atom. The summed E-state index contributed by atoms with van der Waals surface area (Å²) >= 11 is 6.13. The summed E-state index contributed by atoms with van der Waals surface area (Å²) in [6, 6.07) is 13.5. The molecule has 76 valence electrons. The lowest BCUT2D eigenvalue weighted by Gasteiger charge is -2.08. The van der Waals surface area contributed by atoms with E-state index in [1.165, 1.54) is 0 Å². The Balaban J connectivity index is 2.60. The van der Waals surface area contributed by atoms with Gasteiger partial charge in [-0.1, -0.05) is 48.0 Å². The van der Waals surface area contributed by atoms with Gasteiger partial charge in [0.15, 0.2) is 0 Å². The van der Waals surface area contributed by atoms with E-state index in [0.29, 0.717) is 16.4 Å². The second-order valence-corrected chi connectivity index (χ2v) is 3.67. The smallest absolute Gasteiger partial charge is 0.0743 e. The van der Waals surface area contributed by atoms with Crippen LogP contribution in [0.2, 0.25) is 5.02 Å². The molecule has 2 nitrogen and oxygen atoms in total. The van der Waals surface area contributed by atoms with E-state index in [-0.39, 0.29) is 0 Å². The maximum atomic E-state index is 6.13. The highest BCUT2D eigenvalue weighted by atomic mass is 35.5. The third-order valence-electron chi connectivity index (χ3n) is 2.30. The number of anilines is 2. The Labute approximate surface area is 93.5 Å².